The summed E-state index contributed by atoms with van der Waals surface area (Å²) < 4.78 is 5.67. The van der Waals surface area contributed by atoms with Crippen molar-refractivity contribution >= 4 is 0 Å². The first-order valence-corrected chi connectivity index (χ1v) is 7.51. The van der Waals surface area contributed by atoms with E-state index in [0.717, 1.165) is 31.2 Å². The molecule has 0 radical (unpaired) electrons. The summed E-state index contributed by atoms with van der Waals surface area (Å²) in [4.78, 5) is 4.32. The van der Waals surface area contributed by atoms with Gasteiger partial charge in [0.05, 0.1) is 12.8 Å². The van der Waals surface area contributed by atoms with Crippen molar-refractivity contribution in [3.63, 3.8) is 0 Å². The lowest BCUT2D eigenvalue weighted by atomic mass is 9.70. The minimum atomic E-state index is 0.568. The van der Waals surface area contributed by atoms with Gasteiger partial charge in [-0.25, -0.2) is 0 Å². The average Bonchev–Trinajstić information content (AvgIpc) is 2.35. The van der Waals surface area contributed by atoms with Gasteiger partial charge in [-0.2, -0.15) is 0 Å². The quantitative estimate of drug-likeness (QED) is 0.818. The molecule has 3 heteroatoms. The number of pyridine rings is 1. The van der Waals surface area contributed by atoms with E-state index in [4.69, 9.17) is 4.74 Å². The number of nitrogens with zero attached hydrogens (tertiary/aromatic N) is 1. The van der Waals surface area contributed by atoms with Crippen LogP contribution in [0.5, 0.6) is 5.75 Å². The fourth-order valence-corrected chi connectivity index (χ4v) is 2.58. The Hall–Kier alpha value is -1.09. The molecule has 2 rings (SSSR count). The first-order chi connectivity index (χ1) is 9.20. The zero-order valence-electron chi connectivity index (χ0n) is 12.4. The zero-order chi connectivity index (χ0) is 13.7. The number of ether oxygens (including phenoxy) is 1. The second-order valence-corrected chi connectivity index (χ2v) is 5.81. The summed E-state index contributed by atoms with van der Waals surface area (Å²) in [6, 6.07) is 2.74. The Morgan fingerprint density at radius 1 is 1.37 bits per heavy atom. The Balaban J connectivity index is 1.93. The number of hydrogen-bond donors (Lipinski definition) is 1. The highest BCUT2D eigenvalue weighted by atomic mass is 16.5. The van der Waals surface area contributed by atoms with Crippen molar-refractivity contribution in [1.82, 2.24) is 10.3 Å². The number of rotatable bonds is 7. The van der Waals surface area contributed by atoms with Crippen molar-refractivity contribution in [3.8, 4) is 5.75 Å². The zero-order valence-corrected chi connectivity index (χ0v) is 12.4. The summed E-state index contributed by atoms with van der Waals surface area (Å²) in [6.07, 6.45) is 7.46. The van der Waals surface area contributed by atoms with E-state index in [1.807, 2.05) is 12.4 Å². The molecular formula is C16H26N2O. The molecule has 106 valence electrons. The van der Waals surface area contributed by atoms with Crippen molar-refractivity contribution in [3.05, 3.63) is 24.0 Å². The summed E-state index contributed by atoms with van der Waals surface area (Å²) in [7, 11) is 0. The lowest BCUT2D eigenvalue weighted by molar-refractivity contribution is 0.239. The summed E-state index contributed by atoms with van der Waals surface area (Å²) in [5.41, 5.74) is 1.34. The van der Waals surface area contributed by atoms with Crippen LogP contribution in [-0.2, 0) is 0 Å². The van der Waals surface area contributed by atoms with Crippen molar-refractivity contribution in [2.45, 2.75) is 52.0 Å². The van der Waals surface area contributed by atoms with E-state index in [-0.39, 0.29) is 0 Å². The topological polar surface area (TPSA) is 34.1 Å². The molecule has 3 nitrogen and oxygen atoms in total. The van der Waals surface area contributed by atoms with Gasteiger partial charge in [0.2, 0.25) is 0 Å². The predicted octanol–water partition coefficient (Wildman–Crippen LogP) is 3.36. The third-order valence-corrected chi connectivity index (χ3v) is 3.84. The third-order valence-electron chi connectivity index (χ3n) is 3.84. The second-order valence-electron chi connectivity index (χ2n) is 5.81. The molecule has 1 heterocycles. The SMILES string of the molecule is CCCOc1cncc(C2CCC2CNC(C)C)c1. The summed E-state index contributed by atoms with van der Waals surface area (Å²) in [6.45, 7) is 8.41. The van der Waals surface area contributed by atoms with Crippen LogP contribution < -0.4 is 10.1 Å². The summed E-state index contributed by atoms with van der Waals surface area (Å²) in [5, 5.41) is 3.54. The van der Waals surface area contributed by atoms with Crippen LogP contribution in [0.1, 0.15) is 51.5 Å². The third kappa shape index (κ3) is 3.93. The van der Waals surface area contributed by atoms with Crippen LogP contribution in [-0.4, -0.2) is 24.2 Å². The molecule has 1 aliphatic carbocycles. The Morgan fingerprint density at radius 3 is 2.84 bits per heavy atom. The van der Waals surface area contributed by atoms with E-state index in [2.05, 4.69) is 37.1 Å². The molecule has 0 saturated heterocycles. The van der Waals surface area contributed by atoms with Gasteiger partial charge in [0.1, 0.15) is 5.75 Å². The first-order valence-electron chi connectivity index (χ1n) is 7.51. The largest absolute Gasteiger partial charge is 0.492 e. The molecule has 1 aromatic rings. The maximum atomic E-state index is 5.67. The Morgan fingerprint density at radius 2 is 2.21 bits per heavy atom. The van der Waals surface area contributed by atoms with Crippen LogP contribution in [0.2, 0.25) is 0 Å². The maximum Gasteiger partial charge on any atom is 0.137 e. The predicted molar refractivity (Wildman–Crippen MR) is 78.6 cm³/mol. The number of nitrogens with one attached hydrogen (secondary N) is 1. The van der Waals surface area contributed by atoms with E-state index in [1.54, 1.807) is 0 Å². The molecule has 19 heavy (non-hydrogen) atoms. The molecule has 1 N–H and O–H groups in total. The van der Waals surface area contributed by atoms with Gasteiger partial charge in [-0.05, 0) is 49.3 Å². The highest BCUT2D eigenvalue weighted by Crippen LogP contribution is 2.42. The molecule has 0 amide bonds. The first kappa shape index (κ1) is 14.3. The fourth-order valence-electron chi connectivity index (χ4n) is 2.58. The van der Waals surface area contributed by atoms with Crippen molar-refractivity contribution < 1.29 is 4.74 Å². The van der Waals surface area contributed by atoms with Crippen LogP contribution in [0.3, 0.4) is 0 Å². The van der Waals surface area contributed by atoms with E-state index in [0.29, 0.717) is 12.0 Å². The molecule has 0 aliphatic heterocycles. The standard InChI is InChI=1S/C16H26N2O/c1-4-7-19-15-8-14(9-17-11-15)16-6-5-13(16)10-18-12(2)3/h8-9,11-13,16,18H,4-7,10H2,1-3H3. The molecular weight excluding hydrogens is 236 g/mol. The van der Waals surface area contributed by atoms with Gasteiger partial charge in [0.15, 0.2) is 0 Å². The van der Waals surface area contributed by atoms with Crippen LogP contribution in [0.25, 0.3) is 0 Å². The summed E-state index contributed by atoms with van der Waals surface area (Å²) >= 11 is 0. The minimum Gasteiger partial charge on any atom is -0.492 e. The van der Waals surface area contributed by atoms with E-state index < -0.39 is 0 Å². The molecule has 2 atom stereocenters. The Bertz CT molecular complexity index is 392. The Labute approximate surface area is 116 Å². The van der Waals surface area contributed by atoms with E-state index in [9.17, 15) is 0 Å². The van der Waals surface area contributed by atoms with Crippen molar-refractivity contribution in [2.75, 3.05) is 13.2 Å². The van der Waals surface area contributed by atoms with Crippen molar-refractivity contribution in [1.29, 1.82) is 0 Å². The lowest BCUT2D eigenvalue weighted by Crippen LogP contribution is -2.36. The van der Waals surface area contributed by atoms with Gasteiger partial charge in [-0.3, -0.25) is 4.98 Å². The highest BCUT2D eigenvalue weighted by Gasteiger charge is 2.32. The molecule has 1 fully saturated rings. The van der Waals surface area contributed by atoms with Gasteiger partial charge in [-0.15, -0.1) is 0 Å². The highest BCUT2D eigenvalue weighted by molar-refractivity contribution is 5.28. The number of aromatic nitrogens is 1. The molecule has 1 aromatic heterocycles. The van der Waals surface area contributed by atoms with Crippen LogP contribution in [0.15, 0.2) is 18.5 Å². The molecule has 1 aliphatic rings. The fraction of sp³-hybridized carbons (Fsp3) is 0.688. The Kier molecular flexibility index (Phi) is 5.20. The lowest BCUT2D eigenvalue weighted by Gasteiger charge is -2.37. The van der Waals surface area contributed by atoms with Gasteiger partial charge in [-0.1, -0.05) is 20.8 Å². The van der Waals surface area contributed by atoms with Gasteiger partial charge in [0.25, 0.3) is 0 Å². The van der Waals surface area contributed by atoms with E-state index in [1.165, 1.54) is 18.4 Å². The normalized spacial score (nSPS) is 22.3. The average molecular weight is 262 g/mol. The maximum absolute atomic E-state index is 5.67. The molecule has 2 unspecified atom stereocenters. The van der Waals surface area contributed by atoms with Crippen LogP contribution in [0.4, 0.5) is 0 Å². The van der Waals surface area contributed by atoms with Gasteiger partial charge in [0, 0.05) is 12.2 Å². The smallest absolute Gasteiger partial charge is 0.137 e. The van der Waals surface area contributed by atoms with Crippen LogP contribution in [0, 0.1) is 5.92 Å². The van der Waals surface area contributed by atoms with Crippen LogP contribution >= 0.6 is 0 Å². The van der Waals surface area contributed by atoms with Crippen molar-refractivity contribution in [2.24, 2.45) is 5.92 Å². The van der Waals surface area contributed by atoms with Gasteiger partial charge >= 0.3 is 0 Å². The molecule has 0 aromatic carbocycles. The molecule has 0 bridgehead atoms. The second kappa shape index (κ2) is 6.90. The van der Waals surface area contributed by atoms with E-state index >= 15 is 0 Å². The minimum absolute atomic E-state index is 0.568. The monoisotopic (exact) mass is 262 g/mol. The number of hydrogen-bond acceptors (Lipinski definition) is 3. The summed E-state index contributed by atoms with van der Waals surface area (Å²) in [5.74, 6) is 2.33. The molecule has 1 saturated carbocycles. The van der Waals surface area contributed by atoms with Gasteiger partial charge < -0.3 is 10.1 Å². The molecule has 0 spiro atoms.